The maximum atomic E-state index is 10.6. The Morgan fingerprint density at radius 2 is 2.18 bits per heavy atom. The van der Waals surface area contributed by atoms with Crippen molar-refractivity contribution in [1.29, 1.82) is 0 Å². The number of hydrazine groups is 2. The Balaban J connectivity index is 3.87. The lowest BCUT2D eigenvalue weighted by Crippen LogP contribution is -2.52. The highest BCUT2D eigenvalue weighted by molar-refractivity contribution is 5.72. The molecule has 0 aromatic carbocycles. The monoisotopic (exact) mass is 162 g/mol. The van der Waals surface area contributed by atoms with E-state index in [2.05, 4.69) is 0 Å². The van der Waals surface area contributed by atoms with E-state index in [9.17, 15) is 9.90 Å². The van der Waals surface area contributed by atoms with E-state index < -0.39 is 11.6 Å². The van der Waals surface area contributed by atoms with Crippen LogP contribution in [0.15, 0.2) is 0 Å². The second kappa shape index (κ2) is 3.51. The lowest BCUT2D eigenvalue weighted by atomic mass is 10.1. The topological polar surface area (TPSA) is 105 Å². The smallest absolute Gasteiger partial charge is 0.345 e. The summed E-state index contributed by atoms with van der Waals surface area (Å²) in [6.45, 7) is 3.10. The minimum atomic E-state index is -1.01. The molecule has 0 spiro atoms. The summed E-state index contributed by atoms with van der Waals surface area (Å²) in [4.78, 5) is 10.6. The van der Waals surface area contributed by atoms with E-state index in [0.717, 1.165) is 5.01 Å². The molecule has 66 valence electrons. The first kappa shape index (κ1) is 10.2. The molecule has 0 aromatic heterocycles. The molecule has 0 unspecified atom stereocenters. The molecule has 0 bridgehead atoms. The van der Waals surface area contributed by atoms with Crippen molar-refractivity contribution in [2.24, 2.45) is 11.7 Å². The van der Waals surface area contributed by atoms with Crippen LogP contribution in [0.25, 0.3) is 0 Å². The Bertz CT molecular complexity index is 142. The predicted octanol–water partition coefficient (Wildman–Crippen LogP) is -1.48. The summed E-state index contributed by atoms with van der Waals surface area (Å²) in [6.07, 6.45) is 0. The van der Waals surface area contributed by atoms with Crippen molar-refractivity contribution in [2.45, 2.75) is 19.4 Å². The van der Waals surface area contributed by atoms with Gasteiger partial charge in [-0.1, -0.05) is 0 Å². The Kier molecular flexibility index (Phi) is 3.24. The van der Waals surface area contributed by atoms with Crippen LogP contribution in [-0.2, 0) is 0 Å². The van der Waals surface area contributed by atoms with Gasteiger partial charge in [0.2, 0.25) is 0 Å². The molecule has 0 rings (SSSR count). The van der Waals surface area contributed by atoms with Gasteiger partial charge in [0.25, 0.3) is 0 Å². The Labute approximate surface area is 65.1 Å². The number of nitrogens with zero attached hydrogens (tertiary/aromatic N) is 1. The second-order valence-corrected chi connectivity index (χ2v) is 2.89. The number of nitrogens with two attached hydrogens (primary N) is 2. The third-order valence-electron chi connectivity index (χ3n) is 0.942. The fourth-order valence-corrected chi connectivity index (χ4v) is 0.572. The third kappa shape index (κ3) is 4.54. The van der Waals surface area contributed by atoms with Gasteiger partial charge in [-0.05, 0) is 13.8 Å². The molecule has 6 nitrogen and oxygen atoms in total. The number of rotatable bonds is 2. The van der Waals surface area contributed by atoms with Crippen molar-refractivity contribution < 1.29 is 9.90 Å². The Hall–Kier alpha value is -0.850. The maximum Gasteiger partial charge on any atom is 0.345 e. The van der Waals surface area contributed by atoms with Crippen molar-refractivity contribution in [1.82, 2.24) is 10.4 Å². The summed E-state index contributed by atoms with van der Waals surface area (Å²) < 4.78 is 0. The zero-order chi connectivity index (χ0) is 9.07. The molecular formula is C5H14N4O2. The van der Waals surface area contributed by atoms with Gasteiger partial charge in [-0.2, -0.15) is 0 Å². The van der Waals surface area contributed by atoms with Gasteiger partial charge >= 0.3 is 6.03 Å². The van der Waals surface area contributed by atoms with E-state index in [1.54, 1.807) is 0 Å². The minimum Gasteiger partial charge on any atom is -0.389 e. The van der Waals surface area contributed by atoms with Gasteiger partial charge in [-0.15, -0.1) is 0 Å². The minimum absolute atomic E-state index is 0.0238. The van der Waals surface area contributed by atoms with Crippen LogP contribution in [0.4, 0.5) is 4.79 Å². The van der Waals surface area contributed by atoms with Crippen molar-refractivity contribution in [2.75, 3.05) is 6.54 Å². The number of carbonyl (C=O) groups is 1. The summed E-state index contributed by atoms with van der Waals surface area (Å²) >= 11 is 0. The predicted molar refractivity (Wildman–Crippen MR) is 39.9 cm³/mol. The van der Waals surface area contributed by atoms with Crippen molar-refractivity contribution >= 4 is 6.03 Å². The first-order valence-electron chi connectivity index (χ1n) is 3.12. The van der Waals surface area contributed by atoms with E-state index >= 15 is 0 Å². The molecule has 6 heteroatoms. The molecule has 0 aliphatic rings. The molecule has 0 atom stereocenters. The largest absolute Gasteiger partial charge is 0.389 e. The number of amides is 2. The Morgan fingerprint density at radius 1 is 1.73 bits per heavy atom. The third-order valence-corrected chi connectivity index (χ3v) is 0.942. The number of urea groups is 1. The number of carbonyl (C=O) groups excluding carboxylic acids is 1. The van der Waals surface area contributed by atoms with Crippen molar-refractivity contribution in [3.8, 4) is 0 Å². The highest BCUT2D eigenvalue weighted by atomic mass is 16.3. The van der Waals surface area contributed by atoms with E-state index in [0.29, 0.717) is 0 Å². The SMILES string of the molecule is CC(C)(O)CN(N)C(=O)NN. The molecule has 6 N–H and O–H groups in total. The van der Waals surface area contributed by atoms with Crippen molar-refractivity contribution in [3.05, 3.63) is 0 Å². The first-order chi connectivity index (χ1) is 4.87. The molecule has 0 fully saturated rings. The van der Waals surface area contributed by atoms with Gasteiger partial charge in [0.15, 0.2) is 0 Å². The maximum absolute atomic E-state index is 10.6. The van der Waals surface area contributed by atoms with Crippen molar-refractivity contribution in [3.63, 3.8) is 0 Å². The number of hydrogen-bond donors (Lipinski definition) is 4. The number of aliphatic hydroxyl groups is 1. The van der Waals surface area contributed by atoms with Crippen LogP contribution in [0.2, 0.25) is 0 Å². The first-order valence-corrected chi connectivity index (χ1v) is 3.12. The van der Waals surface area contributed by atoms with Crippen LogP contribution < -0.4 is 17.1 Å². The lowest BCUT2D eigenvalue weighted by molar-refractivity contribution is 0.0467. The molecule has 0 saturated heterocycles. The Morgan fingerprint density at radius 3 is 2.45 bits per heavy atom. The van der Waals surface area contributed by atoms with Gasteiger partial charge in [0.05, 0.1) is 12.1 Å². The zero-order valence-electron chi connectivity index (χ0n) is 6.66. The summed E-state index contributed by atoms with van der Waals surface area (Å²) in [5.41, 5.74) is 0.826. The molecule has 11 heavy (non-hydrogen) atoms. The van der Waals surface area contributed by atoms with Gasteiger partial charge < -0.3 is 5.11 Å². The molecule has 0 saturated carbocycles. The molecule has 0 aliphatic carbocycles. The van der Waals surface area contributed by atoms with Gasteiger partial charge in [0, 0.05) is 0 Å². The summed E-state index contributed by atoms with van der Waals surface area (Å²) in [6, 6.07) is -0.632. The van der Waals surface area contributed by atoms with E-state index in [4.69, 9.17) is 11.7 Å². The lowest BCUT2D eigenvalue weighted by Gasteiger charge is -2.24. The fourth-order valence-electron chi connectivity index (χ4n) is 0.572. The molecule has 0 aromatic rings. The fraction of sp³-hybridized carbons (Fsp3) is 0.800. The molecule has 0 aliphatic heterocycles. The van der Waals surface area contributed by atoms with Crippen LogP contribution in [0, 0.1) is 0 Å². The molecular weight excluding hydrogens is 148 g/mol. The van der Waals surface area contributed by atoms with E-state index in [-0.39, 0.29) is 6.54 Å². The normalized spacial score (nSPS) is 11.0. The average Bonchev–Trinajstić information content (AvgIpc) is 1.82. The molecule has 2 amide bonds. The molecule has 0 radical (unpaired) electrons. The second-order valence-electron chi connectivity index (χ2n) is 2.89. The van der Waals surface area contributed by atoms with Crippen LogP contribution in [0.1, 0.15) is 13.8 Å². The molecule has 0 heterocycles. The van der Waals surface area contributed by atoms with Crippen LogP contribution in [-0.4, -0.2) is 28.3 Å². The summed E-state index contributed by atoms with van der Waals surface area (Å²) in [7, 11) is 0. The van der Waals surface area contributed by atoms with Gasteiger partial charge in [-0.25, -0.2) is 16.5 Å². The quantitative estimate of drug-likeness (QED) is 0.226. The van der Waals surface area contributed by atoms with Gasteiger partial charge in [0.1, 0.15) is 0 Å². The van der Waals surface area contributed by atoms with E-state index in [1.807, 2.05) is 5.43 Å². The van der Waals surface area contributed by atoms with E-state index in [1.165, 1.54) is 13.8 Å². The van der Waals surface area contributed by atoms with Crippen LogP contribution >= 0.6 is 0 Å². The standard InChI is InChI=1S/C5H14N4O2/c1-5(2,11)3-9(7)4(10)8-6/h11H,3,6-7H2,1-2H3,(H,8,10). The number of nitrogens with one attached hydrogen (secondary N) is 1. The summed E-state index contributed by atoms with van der Waals surface area (Å²) in [5.74, 6) is 9.98. The highest BCUT2D eigenvalue weighted by Gasteiger charge is 2.18. The van der Waals surface area contributed by atoms with Crippen LogP contribution in [0.3, 0.4) is 0 Å². The summed E-state index contributed by atoms with van der Waals surface area (Å²) in [5, 5.41) is 10.00. The zero-order valence-corrected chi connectivity index (χ0v) is 6.66. The number of hydrogen-bond acceptors (Lipinski definition) is 4. The highest BCUT2D eigenvalue weighted by Crippen LogP contribution is 2.00. The average molecular weight is 162 g/mol. The van der Waals surface area contributed by atoms with Crippen LogP contribution in [0.5, 0.6) is 0 Å². The van der Waals surface area contributed by atoms with Gasteiger partial charge in [-0.3, -0.25) is 10.4 Å².